The Labute approximate surface area is 216 Å². The molecule has 0 amide bonds. The Bertz CT molecular complexity index is 1050. The summed E-state index contributed by atoms with van der Waals surface area (Å²) in [5.74, 6) is 0.0848. The summed E-state index contributed by atoms with van der Waals surface area (Å²) in [4.78, 5) is 0.588. The summed E-state index contributed by atoms with van der Waals surface area (Å²) in [7, 11) is 1.50. The van der Waals surface area contributed by atoms with Gasteiger partial charge in [-0.25, -0.2) is 0 Å². The van der Waals surface area contributed by atoms with E-state index >= 15 is 0 Å². The van der Waals surface area contributed by atoms with Crippen molar-refractivity contribution in [2.75, 3.05) is 13.7 Å². The van der Waals surface area contributed by atoms with E-state index in [9.17, 15) is 13.2 Å². The minimum Gasteiger partial charge on any atom is -0.406 e. The van der Waals surface area contributed by atoms with Gasteiger partial charge in [-0.3, -0.25) is 0 Å². The molecule has 5 rings (SSSR count). The topological polar surface area (TPSA) is 70.5 Å². The third-order valence-corrected chi connectivity index (χ3v) is 6.54. The molecule has 1 fully saturated rings. The van der Waals surface area contributed by atoms with Gasteiger partial charge in [-0.05, 0) is 79.3 Å². The summed E-state index contributed by atoms with van der Waals surface area (Å²) in [5.41, 5.74) is 16.5. The Morgan fingerprint density at radius 1 is 0.861 bits per heavy atom. The maximum atomic E-state index is 11.6. The van der Waals surface area contributed by atoms with Gasteiger partial charge < -0.3 is 20.9 Å². The summed E-state index contributed by atoms with van der Waals surface area (Å²) in [6.45, 7) is 0.784. The first kappa shape index (κ1) is 28.1. The zero-order chi connectivity index (χ0) is 26.1. The summed E-state index contributed by atoms with van der Waals surface area (Å²) in [5, 5.41) is 0. The van der Waals surface area contributed by atoms with Crippen LogP contribution in [-0.2, 0) is 17.6 Å². The maximum Gasteiger partial charge on any atom is 0.573 e. The molecular formula is C28H33F3N2O2S. The molecule has 0 spiro atoms. The molecule has 3 aromatic rings. The van der Waals surface area contributed by atoms with Gasteiger partial charge >= 0.3 is 6.36 Å². The number of thiol groups is 1. The van der Waals surface area contributed by atoms with E-state index in [-0.39, 0.29) is 17.9 Å². The summed E-state index contributed by atoms with van der Waals surface area (Å²) >= 11 is 3.91. The van der Waals surface area contributed by atoms with E-state index in [4.69, 9.17) is 10.5 Å². The Kier molecular flexibility index (Phi) is 10.2. The Hall–Kier alpha value is -2.52. The third kappa shape index (κ3) is 7.74. The number of benzene rings is 3. The predicted octanol–water partition coefficient (Wildman–Crippen LogP) is 5.87. The standard InChI is InChI=1S/C20H23NO.C7H5F3OS.CH5N/c21-16-11-12-22-19(13-16)20-17-7-3-1-5-14(17)9-10-15-6-2-4-8-18(15)20;8-7(9,10)11-5-1-3-6(12)4-2-5;1-2/h1-8,16,19-20H,9-13,21H2;1-4,12H;2H2,1H3. The Morgan fingerprint density at radius 2 is 1.39 bits per heavy atom. The van der Waals surface area contributed by atoms with Crippen molar-refractivity contribution < 1.29 is 22.6 Å². The molecule has 4 N–H and O–H groups in total. The maximum absolute atomic E-state index is 11.6. The van der Waals surface area contributed by atoms with Crippen LogP contribution in [0.2, 0.25) is 0 Å². The quantitative estimate of drug-likeness (QED) is 0.371. The molecule has 3 aromatic carbocycles. The second-order valence-electron chi connectivity index (χ2n) is 8.61. The fourth-order valence-corrected chi connectivity index (χ4v) is 4.85. The smallest absolute Gasteiger partial charge is 0.406 e. The number of nitrogens with two attached hydrogens (primary N) is 2. The lowest BCUT2D eigenvalue weighted by Crippen LogP contribution is -2.38. The number of hydrogen-bond acceptors (Lipinski definition) is 5. The van der Waals surface area contributed by atoms with Gasteiger partial charge in [0.25, 0.3) is 0 Å². The van der Waals surface area contributed by atoms with Crippen molar-refractivity contribution in [3.8, 4) is 5.75 Å². The van der Waals surface area contributed by atoms with Crippen LogP contribution in [0.1, 0.15) is 41.0 Å². The summed E-state index contributed by atoms with van der Waals surface area (Å²) in [6.07, 6.45) is -0.271. The van der Waals surface area contributed by atoms with Gasteiger partial charge in [0, 0.05) is 23.5 Å². The number of fused-ring (bicyclic) bond motifs is 2. The fraction of sp³-hybridized carbons (Fsp3) is 0.357. The number of ether oxygens (including phenoxy) is 2. The van der Waals surface area contributed by atoms with E-state index in [1.807, 2.05) is 0 Å². The first-order valence-corrected chi connectivity index (χ1v) is 12.4. The highest BCUT2D eigenvalue weighted by molar-refractivity contribution is 7.80. The average molecular weight is 519 g/mol. The van der Waals surface area contributed by atoms with E-state index in [0.29, 0.717) is 10.8 Å². The number of alkyl halides is 3. The van der Waals surface area contributed by atoms with Crippen LogP contribution in [0.25, 0.3) is 0 Å². The SMILES string of the molecule is CN.FC(F)(F)Oc1ccc(S)cc1.NC1CCOC(C2c3ccccc3CCc3ccccc32)C1. The first-order chi connectivity index (χ1) is 17.3. The van der Waals surface area contributed by atoms with Gasteiger partial charge in [-0.1, -0.05) is 48.5 Å². The summed E-state index contributed by atoms with van der Waals surface area (Å²) in [6, 6.07) is 23.2. The number of hydrogen-bond donors (Lipinski definition) is 3. The second kappa shape index (κ2) is 13.1. The van der Waals surface area contributed by atoms with E-state index in [1.165, 1.54) is 53.6 Å². The molecule has 2 atom stereocenters. The molecule has 2 unspecified atom stereocenters. The van der Waals surface area contributed by atoms with Crippen molar-refractivity contribution in [1.29, 1.82) is 0 Å². The van der Waals surface area contributed by atoms with E-state index in [2.05, 4.69) is 71.6 Å². The molecule has 1 aliphatic carbocycles. The van der Waals surface area contributed by atoms with Crippen molar-refractivity contribution in [3.63, 3.8) is 0 Å². The molecule has 36 heavy (non-hydrogen) atoms. The van der Waals surface area contributed by atoms with Crippen LogP contribution in [-0.4, -0.2) is 32.2 Å². The van der Waals surface area contributed by atoms with Gasteiger partial charge in [0.2, 0.25) is 0 Å². The van der Waals surface area contributed by atoms with E-state index in [1.54, 1.807) is 0 Å². The van der Waals surface area contributed by atoms with E-state index < -0.39 is 6.36 Å². The number of aryl methyl sites for hydroxylation is 2. The zero-order valence-electron chi connectivity index (χ0n) is 20.2. The molecule has 8 heteroatoms. The highest BCUT2D eigenvalue weighted by Crippen LogP contribution is 2.40. The van der Waals surface area contributed by atoms with E-state index in [0.717, 1.165) is 32.3 Å². The minimum atomic E-state index is -4.63. The largest absolute Gasteiger partial charge is 0.573 e. The lowest BCUT2D eigenvalue weighted by atomic mass is 9.81. The van der Waals surface area contributed by atoms with Crippen molar-refractivity contribution in [1.82, 2.24) is 0 Å². The third-order valence-electron chi connectivity index (χ3n) is 6.24. The highest BCUT2D eigenvalue weighted by Gasteiger charge is 2.34. The Morgan fingerprint density at radius 3 is 1.89 bits per heavy atom. The van der Waals surface area contributed by atoms with Gasteiger partial charge in [0.05, 0.1) is 6.10 Å². The monoisotopic (exact) mass is 518 g/mol. The Balaban J connectivity index is 0.000000220. The van der Waals surface area contributed by atoms with Crippen LogP contribution in [0.15, 0.2) is 77.7 Å². The fourth-order valence-electron chi connectivity index (χ4n) is 4.70. The lowest BCUT2D eigenvalue weighted by Gasteiger charge is -2.34. The van der Waals surface area contributed by atoms with Gasteiger partial charge in [0.15, 0.2) is 0 Å². The molecule has 0 bridgehead atoms. The molecule has 0 saturated carbocycles. The number of rotatable bonds is 2. The molecule has 1 saturated heterocycles. The zero-order valence-corrected chi connectivity index (χ0v) is 21.1. The molecule has 4 nitrogen and oxygen atoms in total. The normalized spacial score (nSPS) is 19.3. The van der Waals surface area contributed by atoms with Crippen LogP contribution in [0, 0.1) is 0 Å². The van der Waals surface area contributed by atoms with Crippen molar-refractivity contribution in [3.05, 3.63) is 95.1 Å². The number of halogens is 3. The van der Waals surface area contributed by atoms with Crippen LogP contribution in [0.3, 0.4) is 0 Å². The second-order valence-corrected chi connectivity index (χ2v) is 9.13. The van der Waals surface area contributed by atoms with Crippen molar-refractivity contribution >= 4 is 12.6 Å². The van der Waals surface area contributed by atoms with Gasteiger partial charge in [-0.2, -0.15) is 0 Å². The highest BCUT2D eigenvalue weighted by atomic mass is 32.1. The van der Waals surface area contributed by atoms with Crippen LogP contribution in [0.5, 0.6) is 5.75 Å². The molecule has 194 valence electrons. The molecule has 2 aliphatic rings. The van der Waals surface area contributed by atoms with Gasteiger partial charge in [-0.15, -0.1) is 25.8 Å². The van der Waals surface area contributed by atoms with Crippen LogP contribution < -0.4 is 16.2 Å². The minimum absolute atomic E-state index is 0.198. The molecular weight excluding hydrogens is 485 g/mol. The predicted molar refractivity (Wildman–Crippen MR) is 140 cm³/mol. The molecule has 1 heterocycles. The van der Waals surface area contributed by atoms with Crippen molar-refractivity contribution in [2.45, 2.75) is 55.0 Å². The summed E-state index contributed by atoms with van der Waals surface area (Å²) < 4.78 is 44.6. The molecule has 0 aromatic heterocycles. The molecule has 1 aliphatic heterocycles. The van der Waals surface area contributed by atoms with Crippen LogP contribution >= 0.6 is 12.6 Å². The lowest BCUT2D eigenvalue weighted by molar-refractivity contribution is -0.274. The van der Waals surface area contributed by atoms with Crippen molar-refractivity contribution in [2.24, 2.45) is 11.5 Å². The van der Waals surface area contributed by atoms with Gasteiger partial charge in [0.1, 0.15) is 5.75 Å². The first-order valence-electron chi connectivity index (χ1n) is 12.0. The molecule has 0 radical (unpaired) electrons. The van der Waals surface area contributed by atoms with Crippen LogP contribution in [0.4, 0.5) is 13.2 Å². The average Bonchev–Trinajstić information content (AvgIpc) is 3.03.